The number of aromatic nitrogens is 2. The Balaban J connectivity index is 2.29. The number of nitrogens with one attached hydrogen (secondary N) is 1. The van der Waals surface area contributed by atoms with Crippen LogP contribution in [0.2, 0.25) is 0 Å². The van der Waals surface area contributed by atoms with E-state index in [1.165, 1.54) is 11.8 Å². The molecule has 2 aromatic heterocycles. The van der Waals surface area contributed by atoms with Crippen LogP contribution in [0.3, 0.4) is 0 Å². The minimum absolute atomic E-state index is 0.0849. The van der Waals surface area contributed by atoms with Gasteiger partial charge < -0.3 is 5.11 Å². The highest BCUT2D eigenvalue weighted by Gasteiger charge is 2.08. The topological polar surface area (TPSA) is 66.0 Å². The lowest BCUT2D eigenvalue weighted by Crippen LogP contribution is -1.89. The summed E-state index contributed by atoms with van der Waals surface area (Å²) in [7, 11) is 0. The maximum atomic E-state index is 10.9. The Bertz CT molecular complexity index is 533. The number of aromatic amines is 1. The molecule has 0 atom stereocenters. The van der Waals surface area contributed by atoms with E-state index in [0.717, 1.165) is 22.1 Å². The van der Waals surface area contributed by atoms with Gasteiger partial charge in [-0.25, -0.2) is 4.98 Å². The Labute approximate surface area is 94.0 Å². The molecule has 2 N–H and O–H groups in total. The van der Waals surface area contributed by atoms with Gasteiger partial charge in [-0.15, -0.1) is 0 Å². The van der Waals surface area contributed by atoms with Crippen LogP contribution < -0.4 is 4.87 Å². The van der Waals surface area contributed by atoms with Gasteiger partial charge in [-0.1, -0.05) is 29.2 Å². The lowest BCUT2D eigenvalue weighted by atomic mass is 10.4. The Kier molecular flexibility index (Phi) is 2.79. The van der Waals surface area contributed by atoms with E-state index < -0.39 is 0 Å². The normalized spacial score (nSPS) is 10.5. The number of pyridine rings is 1. The third-order valence-electron chi connectivity index (χ3n) is 1.66. The van der Waals surface area contributed by atoms with Gasteiger partial charge in [-0.2, -0.15) is 0 Å². The van der Waals surface area contributed by atoms with E-state index in [1.807, 2.05) is 25.1 Å². The zero-order chi connectivity index (χ0) is 10.8. The van der Waals surface area contributed by atoms with E-state index in [1.54, 1.807) is 0 Å². The van der Waals surface area contributed by atoms with E-state index in [9.17, 15) is 9.90 Å². The van der Waals surface area contributed by atoms with Crippen LogP contribution in [0.1, 0.15) is 5.69 Å². The summed E-state index contributed by atoms with van der Waals surface area (Å²) in [6, 6.07) is 5.61. The number of nitrogens with zero attached hydrogens (tertiary/aromatic N) is 1. The molecule has 4 nitrogen and oxygen atoms in total. The molecule has 0 spiro atoms. The molecule has 2 heterocycles. The van der Waals surface area contributed by atoms with Gasteiger partial charge in [0.1, 0.15) is 9.24 Å². The van der Waals surface area contributed by atoms with Crippen molar-refractivity contribution in [2.75, 3.05) is 0 Å². The summed E-state index contributed by atoms with van der Waals surface area (Å²) in [5.41, 5.74) is 0.905. The number of hydrogen-bond acceptors (Lipinski definition) is 5. The molecule has 78 valence electrons. The first-order chi connectivity index (χ1) is 7.15. The molecule has 0 fully saturated rings. The highest BCUT2D eigenvalue weighted by Crippen LogP contribution is 2.33. The maximum Gasteiger partial charge on any atom is 0.308 e. The van der Waals surface area contributed by atoms with Crippen molar-refractivity contribution in [1.82, 2.24) is 9.97 Å². The standard InChI is InChI=1S/C9H8N2O2S2/c1-5-3-2-4-6(10-5)14-8-7(12)11-9(13)15-8/h2-4,12H,1H3,(H,11,13). The van der Waals surface area contributed by atoms with Gasteiger partial charge in [-0.3, -0.25) is 9.78 Å². The molecule has 15 heavy (non-hydrogen) atoms. The van der Waals surface area contributed by atoms with Gasteiger partial charge in [0.25, 0.3) is 0 Å². The minimum Gasteiger partial charge on any atom is -0.493 e. The highest BCUT2D eigenvalue weighted by atomic mass is 32.2. The molecule has 0 aliphatic rings. The van der Waals surface area contributed by atoms with Crippen LogP contribution in [0.4, 0.5) is 0 Å². The Morgan fingerprint density at radius 1 is 1.53 bits per heavy atom. The molecule has 0 unspecified atom stereocenters. The number of hydrogen-bond donors (Lipinski definition) is 2. The fourth-order valence-electron chi connectivity index (χ4n) is 1.04. The predicted octanol–water partition coefficient (Wildman–Crippen LogP) is 2.00. The molecular formula is C9H8N2O2S2. The van der Waals surface area contributed by atoms with Crippen LogP contribution in [0, 0.1) is 6.92 Å². The fourth-order valence-corrected chi connectivity index (χ4v) is 2.83. The van der Waals surface area contributed by atoms with Gasteiger partial charge in [-0.05, 0) is 19.1 Å². The Hall–Kier alpha value is -1.27. The van der Waals surface area contributed by atoms with E-state index in [4.69, 9.17) is 0 Å². The Morgan fingerprint density at radius 3 is 2.93 bits per heavy atom. The number of rotatable bonds is 2. The van der Waals surface area contributed by atoms with Gasteiger partial charge in [0.05, 0.1) is 0 Å². The Morgan fingerprint density at radius 2 is 2.33 bits per heavy atom. The van der Waals surface area contributed by atoms with Crippen molar-refractivity contribution in [2.24, 2.45) is 0 Å². The van der Waals surface area contributed by atoms with Crippen LogP contribution in [0.15, 0.2) is 32.2 Å². The zero-order valence-corrected chi connectivity index (χ0v) is 9.48. The van der Waals surface area contributed by atoms with Crippen LogP contribution in [-0.4, -0.2) is 15.1 Å². The summed E-state index contributed by atoms with van der Waals surface area (Å²) in [6.07, 6.45) is 0. The average molecular weight is 240 g/mol. The summed E-state index contributed by atoms with van der Waals surface area (Å²) in [4.78, 5) is 17.2. The summed E-state index contributed by atoms with van der Waals surface area (Å²) in [5, 5.41) is 10.1. The second-order valence-corrected chi connectivity index (χ2v) is 5.14. The van der Waals surface area contributed by atoms with Crippen molar-refractivity contribution >= 4 is 23.1 Å². The monoisotopic (exact) mass is 240 g/mol. The van der Waals surface area contributed by atoms with Crippen LogP contribution in [0.5, 0.6) is 5.88 Å². The maximum absolute atomic E-state index is 10.9. The molecule has 2 rings (SSSR count). The molecule has 6 heteroatoms. The largest absolute Gasteiger partial charge is 0.493 e. The van der Waals surface area contributed by atoms with Crippen molar-refractivity contribution in [3.8, 4) is 5.88 Å². The smallest absolute Gasteiger partial charge is 0.308 e. The summed E-state index contributed by atoms with van der Waals surface area (Å²) < 4.78 is 0.540. The third-order valence-corrected chi connectivity index (χ3v) is 3.64. The van der Waals surface area contributed by atoms with Crippen LogP contribution in [-0.2, 0) is 0 Å². The lowest BCUT2D eigenvalue weighted by Gasteiger charge is -1.98. The van der Waals surface area contributed by atoms with Gasteiger partial charge in [0.15, 0.2) is 0 Å². The molecule has 0 saturated carbocycles. The molecule has 0 radical (unpaired) electrons. The fraction of sp³-hybridized carbons (Fsp3) is 0.111. The first kappa shape index (κ1) is 10.3. The van der Waals surface area contributed by atoms with Crippen molar-refractivity contribution in [2.45, 2.75) is 16.2 Å². The molecule has 0 aromatic carbocycles. The van der Waals surface area contributed by atoms with E-state index in [2.05, 4.69) is 9.97 Å². The predicted molar refractivity (Wildman–Crippen MR) is 59.7 cm³/mol. The van der Waals surface area contributed by atoms with Crippen molar-refractivity contribution < 1.29 is 5.11 Å². The molecule has 0 saturated heterocycles. The van der Waals surface area contributed by atoms with E-state index in [-0.39, 0.29) is 10.8 Å². The van der Waals surface area contributed by atoms with E-state index >= 15 is 0 Å². The van der Waals surface area contributed by atoms with Crippen molar-refractivity contribution in [1.29, 1.82) is 0 Å². The molecular weight excluding hydrogens is 232 g/mol. The summed E-state index contributed by atoms with van der Waals surface area (Å²) in [6.45, 7) is 1.89. The first-order valence-electron chi connectivity index (χ1n) is 4.19. The summed E-state index contributed by atoms with van der Waals surface area (Å²) in [5.74, 6) is -0.0849. The minimum atomic E-state index is -0.261. The second kappa shape index (κ2) is 4.08. The highest BCUT2D eigenvalue weighted by molar-refractivity contribution is 8.01. The quantitative estimate of drug-likeness (QED) is 0.842. The van der Waals surface area contributed by atoms with E-state index in [0.29, 0.717) is 4.21 Å². The van der Waals surface area contributed by atoms with Gasteiger partial charge in [0.2, 0.25) is 5.88 Å². The first-order valence-corrected chi connectivity index (χ1v) is 5.82. The third kappa shape index (κ3) is 2.40. The van der Waals surface area contributed by atoms with Gasteiger partial charge in [0, 0.05) is 5.69 Å². The number of thiazole rings is 1. The van der Waals surface area contributed by atoms with Crippen LogP contribution in [0.25, 0.3) is 0 Å². The number of H-pyrrole nitrogens is 1. The van der Waals surface area contributed by atoms with Crippen molar-refractivity contribution in [3.05, 3.63) is 33.6 Å². The van der Waals surface area contributed by atoms with Crippen LogP contribution >= 0.6 is 23.1 Å². The molecule has 2 aromatic rings. The molecule has 0 amide bonds. The molecule has 0 aliphatic heterocycles. The number of aromatic hydroxyl groups is 1. The lowest BCUT2D eigenvalue weighted by molar-refractivity contribution is 0.445. The molecule has 0 bridgehead atoms. The summed E-state index contributed by atoms with van der Waals surface area (Å²) >= 11 is 2.25. The van der Waals surface area contributed by atoms with Gasteiger partial charge >= 0.3 is 4.87 Å². The number of aryl methyl sites for hydroxylation is 1. The molecule has 0 aliphatic carbocycles. The zero-order valence-electron chi connectivity index (χ0n) is 7.85. The SMILES string of the molecule is Cc1cccc(Sc2sc(=O)[nH]c2O)n1. The second-order valence-electron chi connectivity index (χ2n) is 2.87. The van der Waals surface area contributed by atoms with Crippen molar-refractivity contribution in [3.63, 3.8) is 0 Å². The average Bonchev–Trinajstić information content (AvgIpc) is 2.45.